The number of carboxylic acid groups (broad SMARTS) is 2. The highest BCUT2D eigenvalue weighted by Gasteiger charge is 2.50. The summed E-state index contributed by atoms with van der Waals surface area (Å²) in [5.41, 5.74) is 12.0. The van der Waals surface area contributed by atoms with Crippen molar-refractivity contribution in [3.8, 4) is 5.75 Å². The van der Waals surface area contributed by atoms with Crippen LogP contribution in [0.5, 0.6) is 5.75 Å². The lowest BCUT2D eigenvalue weighted by Gasteiger charge is -2.26. The Hall–Kier alpha value is -8.51. The van der Waals surface area contributed by atoms with Gasteiger partial charge in [0.2, 0.25) is 53.2 Å². The minimum Gasteiger partial charge on any atom is -0.508 e. The summed E-state index contributed by atoms with van der Waals surface area (Å²) in [6.07, 6.45) is -4.73. The van der Waals surface area contributed by atoms with Crippen LogP contribution in [0.4, 0.5) is 0 Å². The number of aromatic hydroxyl groups is 1. The van der Waals surface area contributed by atoms with E-state index in [1.165, 1.54) is 24.3 Å². The first-order chi connectivity index (χ1) is 37.6. The number of nitrogens with zero attached hydrogens (tertiary/aromatic N) is 2. The van der Waals surface area contributed by atoms with Crippen LogP contribution in [0.15, 0.2) is 59.6 Å². The van der Waals surface area contributed by atoms with Gasteiger partial charge in [0.1, 0.15) is 48.0 Å². The molecule has 11 amide bonds. The van der Waals surface area contributed by atoms with Gasteiger partial charge in [-0.3, -0.25) is 67.2 Å². The monoisotopic (exact) mass is 1120 g/mol. The van der Waals surface area contributed by atoms with Crippen molar-refractivity contribution in [2.75, 3.05) is 18.1 Å². The minimum atomic E-state index is -2.04. The van der Waals surface area contributed by atoms with Crippen LogP contribution in [-0.2, 0) is 80.0 Å². The summed E-state index contributed by atoms with van der Waals surface area (Å²) in [6, 6.07) is 0.841. The molecule has 426 valence electrons. The van der Waals surface area contributed by atoms with Crippen LogP contribution < -0.4 is 54.0 Å². The maximum atomic E-state index is 14.2. The van der Waals surface area contributed by atoms with Gasteiger partial charge in [0.15, 0.2) is 6.23 Å². The number of hydrogen-bond donors (Lipinski definition) is 13. The second-order valence-electron chi connectivity index (χ2n) is 18.6. The van der Waals surface area contributed by atoms with Crippen LogP contribution in [-0.4, -0.2) is 176 Å². The average Bonchev–Trinajstić information content (AvgIpc) is 4.26. The van der Waals surface area contributed by atoms with Crippen molar-refractivity contribution in [2.45, 2.75) is 125 Å². The van der Waals surface area contributed by atoms with E-state index < -0.39 is 164 Å². The average molecular weight is 1120 g/mol. The quantitative estimate of drug-likeness (QED) is 0.0705. The molecule has 15 N–H and O–H groups in total. The fourth-order valence-corrected chi connectivity index (χ4v) is 9.18. The molecule has 4 aliphatic rings. The van der Waals surface area contributed by atoms with E-state index in [0.29, 0.717) is 11.8 Å². The number of fused-ring (bicyclic) bond motifs is 30. The SMILES string of the molecule is NC(=O)C[C@@H]1NC(=O)[C@H](CC(=O)O)NC(=O)[C@H](Cc2ccc(O)cc2)NC(=O)C=NC(=O)[C@H](CCC(=O)O)NC(=O)[C@H](Cc2ccccc2)NC(=O)[C@@H]2CCCCNC(=O)CC[C@H](NC1=O)[C@H]1ON1[C@H](C(N)=O)CSCC(=O)N2. The maximum absolute atomic E-state index is 14.2. The first-order valence-corrected chi connectivity index (χ1v) is 26.0. The molecule has 6 rings (SSSR count). The summed E-state index contributed by atoms with van der Waals surface area (Å²) in [6.45, 7) is 0.0526. The number of thioether (sulfide) groups is 1. The summed E-state index contributed by atoms with van der Waals surface area (Å²) in [5.74, 6) is -15.1. The number of phenolic OH excluding ortho intramolecular Hbond substituents is 1. The van der Waals surface area contributed by atoms with Crippen LogP contribution in [0.2, 0.25) is 0 Å². The lowest BCUT2D eigenvalue weighted by Crippen LogP contribution is -2.59. The number of benzene rings is 2. The normalized spacial score (nSPS) is 26.7. The Morgan fingerprint density at radius 3 is 1.89 bits per heavy atom. The smallest absolute Gasteiger partial charge is 0.305 e. The zero-order chi connectivity index (χ0) is 57.8. The standard InChI is InChI=1S/C49H62N12O17S/c50-36(63)20-33-47(76)57-30-13-15-37(64)52-17-5-4-8-28(54-39(66)24-79-23-35(42(51)71)61-49(30)78-61)44(73)58-32(18-25-6-2-1-3-7-25)46(75)56-29(14-16-40(67)68)43(72)53-22-38(65)55-31(19-26-9-11-27(62)12-10-26)45(74)60-34(21-41(69)70)48(77)59-33/h1-3,6-7,9-12,22,28-35,49,62H,4-5,8,13-21,23-24H2,(H2,50,63)(H2,51,71)(H,52,64)(H,54,66)(H,55,65)(H,56,75)(H,57,76)(H,58,73)(H,59,77)(H,60,74)(H,67,68)(H,69,70)/t28-,29-,30-,31-,32-,33-,34-,35-,49+,61?/m0/s1. The number of primary amides is 2. The number of aliphatic imine (C=N–C) groups is 1. The van der Waals surface area contributed by atoms with Gasteiger partial charge in [-0.05, 0) is 55.4 Å². The fraction of sp³-hybridized carbons (Fsp3) is 0.469. The van der Waals surface area contributed by atoms with E-state index in [1.54, 1.807) is 30.3 Å². The topological polar surface area (TPSA) is 459 Å². The van der Waals surface area contributed by atoms with Gasteiger partial charge >= 0.3 is 11.9 Å². The lowest BCUT2D eigenvalue weighted by molar-refractivity contribution is -0.141. The fourth-order valence-electron chi connectivity index (χ4n) is 8.26. The number of nitrogens with two attached hydrogens (primary N) is 2. The molecular formula is C49H62N12O17S. The molecule has 2 saturated heterocycles. The molecule has 29 nitrogen and oxygen atoms in total. The van der Waals surface area contributed by atoms with Gasteiger partial charge < -0.3 is 69.3 Å². The minimum absolute atomic E-state index is 0.0346. The maximum Gasteiger partial charge on any atom is 0.305 e. The molecule has 0 aliphatic carbocycles. The number of carbonyl (C=O) groups is 13. The summed E-state index contributed by atoms with van der Waals surface area (Å²) in [4.78, 5) is 183. The molecule has 0 saturated carbocycles. The number of hydrogen-bond acceptors (Lipinski definition) is 17. The van der Waals surface area contributed by atoms with Crippen molar-refractivity contribution < 1.29 is 82.5 Å². The third-order valence-corrected chi connectivity index (χ3v) is 13.4. The Labute approximate surface area is 454 Å². The molecular weight excluding hydrogens is 1060 g/mol. The highest BCUT2D eigenvalue weighted by Crippen LogP contribution is 2.31. The first kappa shape index (κ1) is 61.3. The van der Waals surface area contributed by atoms with Crippen LogP contribution in [0.25, 0.3) is 0 Å². The van der Waals surface area contributed by atoms with Gasteiger partial charge in [-0.2, -0.15) is 0 Å². The number of nitrogens with one attached hydrogen (secondary N) is 8. The van der Waals surface area contributed by atoms with Gasteiger partial charge in [-0.25, -0.2) is 4.99 Å². The van der Waals surface area contributed by atoms with Crippen molar-refractivity contribution in [2.24, 2.45) is 16.5 Å². The van der Waals surface area contributed by atoms with Gasteiger partial charge in [0.05, 0.1) is 30.9 Å². The molecule has 2 aromatic carbocycles. The van der Waals surface area contributed by atoms with Gasteiger partial charge in [0.25, 0.3) is 11.8 Å². The second kappa shape index (κ2) is 29.9. The molecule has 2 fully saturated rings. The van der Waals surface area contributed by atoms with Crippen LogP contribution in [0, 0.1) is 0 Å². The Morgan fingerprint density at radius 2 is 1.25 bits per heavy atom. The molecule has 0 spiro atoms. The third-order valence-electron chi connectivity index (χ3n) is 12.4. The molecule has 4 heterocycles. The highest BCUT2D eigenvalue weighted by molar-refractivity contribution is 8.00. The number of rotatable bonds is 12. The summed E-state index contributed by atoms with van der Waals surface area (Å²) in [7, 11) is 0. The number of phenols is 1. The van der Waals surface area contributed by atoms with E-state index in [1.807, 2.05) is 0 Å². The number of amides is 11. The summed E-state index contributed by atoms with van der Waals surface area (Å²) >= 11 is 0.906. The zero-order valence-electron chi connectivity index (χ0n) is 42.4. The molecule has 4 aliphatic heterocycles. The van der Waals surface area contributed by atoms with E-state index in [2.05, 4.69) is 47.5 Å². The number of carboxylic acids is 2. The molecule has 2 aromatic rings. The first-order valence-electron chi connectivity index (χ1n) is 24.9. The van der Waals surface area contributed by atoms with Crippen LogP contribution >= 0.6 is 11.8 Å². The van der Waals surface area contributed by atoms with E-state index >= 15 is 0 Å². The van der Waals surface area contributed by atoms with Gasteiger partial charge in [-0.15, -0.1) is 16.8 Å². The van der Waals surface area contributed by atoms with Gasteiger partial charge in [-0.1, -0.05) is 42.5 Å². The Balaban J connectivity index is 1.58. The highest BCUT2D eigenvalue weighted by atomic mass is 32.2. The Kier molecular flexibility index (Phi) is 23.2. The molecule has 0 aromatic heterocycles. The zero-order valence-corrected chi connectivity index (χ0v) is 43.2. The number of carbonyl (C=O) groups excluding carboxylic acids is 11. The van der Waals surface area contributed by atoms with Crippen LogP contribution in [0.1, 0.15) is 68.9 Å². The third kappa shape index (κ3) is 20.4. The molecule has 0 radical (unpaired) electrons. The molecule has 79 heavy (non-hydrogen) atoms. The van der Waals surface area contributed by atoms with Gasteiger partial charge in [0, 0.05) is 38.0 Å². The largest absolute Gasteiger partial charge is 0.508 e. The predicted octanol–water partition coefficient (Wildman–Crippen LogP) is -4.36. The molecule has 1 unspecified atom stereocenters. The van der Waals surface area contributed by atoms with Crippen molar-refractivity contribution in [1.29, 1.82) is 0 Å². The second-order valence-corrected chi connectivity index (χ2v) is 19.6. The Morgan fingerprint density at radius 1 is 0.658 bits per heavy atom. The van der Waals surface area contributed by atoms with Crippen LogP contribution in [0.3, 0.4) is 0 Å². The van der Waals surface area contributed by atoms with Crippen molar-refractivity contribution >= 4 is 94.9 Å². The molecule has 10 atom stereocenters. The van der Waals surface area contributed by atoms with E-state index in [4.69, 9.17) is 16.3 Å². The summed E-state index contributed by atoms with van der Waals surface area (Å²) < 4.78 is 0. The van der Waals surface area contributed by atoms with E-state index in [0.717, 1.165) is 16.8 Å². The Bertz CT molecular complexity index is 2640. The van der Waals surface area contributed by atoms with Crippen molar-refractivity contribution in [3.63, 3.8) is 0 Å². The molecule has 30 heteroatoms. The molecule has 2 bridgehead atoms. The number of aliphatic carboxylic acids is 2. The lowest BCUT2D eigenvalue weighted by atomic mass is 10.0. The van der Waals surface area contributed by atoms with Crippen molar-refractivity contribution in [3.05, 3.63) is 65.7 Å². The number of hydroxylamine groups is 2. The summed E-state index contributed by atoms with van der Waals surface area (Å²) in [5, 5.41) is 50.1. The predicted molar refractivity (Wildman–Crippen MR) is 275 cm³/mol. The van der Waals surface area contributed by atoms with E-state index in [9.17, 15) is 77.6 Å². The van der Waals surface area contributed by atoms with E-state index in [-0.39, 0.29) is 67.9 Å². The van der Waals surface area contributed by atoms with Crippen molar-refractivity contribution in [1.82, 2.24) is 47.6 Å².